The topological polar surface area (TPSA) is 35.5 Å². The third-order valence-electron chi connectivity index (χ3n) is 2.51. The van der Waals surface area contributed by atoms with E-state index in [4.69, 9.17) is 4.74 Å². The summed E-state index contributed by atoms with van der Waals surface area (Å²) in [7, 11) is 1.43. The predicted octanol–water partition coefficient (Wildman–Crippen LogP) is 3.49. The smallest absolute Gasteiger partial charge is 0.330 e. The number of benzene rings is 1. The summed E-state index contributed by atoms with van der Waals surface area (Å²) in [6.45, 7) is -2.16. The van der Waals surface area contributed by atoms with Crippen molar-refractivity contribution in [3.8, 4) is 5.75 Å². The van der Waals surface area contributed by atoms with Crippen LogP contribution in [-0.4, -0.2) is 38.5 Å². The van der Waals surface area contributed by atoms with E-state index in [1.807, 2.05) is 0 Å². The lowest BCUT2D eigenvalue weighted by atomic mass is 10.1. The molecule has 1 aromatic carbocycles. The van der Waals surface area contributed by atoms with Gasteiger partial charge in [-0.05, 0) is 18.2 Å². The minimum absolute atomic E-state index is 0.108. The molecule has 118 valence electrons. The average molecular weight is 373 g/mol. The number of methoxy groups -OCH3 is 1. The van der Waals surface area contributed by atoms with Crippen LogP contribution in [0.4, 0.5) is 17.6 Å². The van der Waals surface area contributed by atoms with Gasteiger partial charge in [0.2, 0.25) is 0 Å². The summed E-state index contributed by atoms with van der Waals surface area (Å²) in [6.07, 6.45) is -3.93. The Hall–Kier alpha value is -1.15. The fourth-order valence-electron chi connectivity index (χ4n) is 1.51. The van der Waals surface area contributed by atoms with Gasteiger partial charge >= 0.3 is 12.3 Å². The second kappa shape index (κ2) is 7.74. The molecule has 0 radical (unpaired) electrons. The van der Waals surface area contributed by atoms with Gasteiger partial charge in [0.15, 0.2) is 5.78 Å². The van der Waals surface area contributed by atoms with Crippen molar-refractivity contribution in [2.24, 2.45) is 0 Å². The number of ketones is 1. The molecule has 0 atom stereocenters. The van der Waals surface area contributed by atoms with Gasteiger partial charge in [-0.1, -0.05) is 15.9 Å². The molecule has 0 aliphatic heterocycles. The van der Waals surface area contributed by atoms with Crippen LogP contribution in [0.5, 0.6) is 5.75 Å². The fourth-order valence-corrected chi connectivity index (χ4v) is 1.92. The molecule has 8 heteroatoms. The van der Waals surface area contributed by atoms with Gasteiger partial charge in [0, 0.05) is 16.5 Å². The summed E-state index contributed by atoms with van der Waals surface area (Å²) >= 11 is 3.23. The molecule has 0 heterocycles. The highest BCUT2D eigenvalue weighted by Crippen LogP contribution is 2.24. The Labute approximate surface area is 127 Å². The number of ether oxygens (including phenoxy) is 2. The second-order valence-corrected chi connectivity index (χ2v) is 5.14. The van der Waals surface area contributed by atoms with Gasteiger partial charge < -0.3 is 9.47 Å². The van der Waals surface area contributed by atoms with Crippen molar-refractivity contribution in [3.63, 3.8) is 0 Å². The van der Waals surface area contributed by atoms with Crippen molar-refractivity contribution in [2.75, 3.05) is 20.3 Å². The van der Waals surface area contributed by atoms with Gasteiger partial charge in [-0.25, -0.2) is 8.78 Å². The fraction of sp³-hybridized carbons (Fsp3) is 0.462. The van der Waals surface area contributed by atoms with Crippen molar-refractivity contribution in [1.29, 1.82) is 0 Å². The van der Waals surface area contributed by atoms with Gasteiger partial charge in [-0.15, -0.1) is 0 Å². The van der Waals surface area contributed by atoms with Crippen LogP contribution in [0.15, 0.2) is 22.7 Å². The van der Waals surface area contributed by atoms with Crippen molar-refractivity contribution in [3.05, 3.63) is 28.2 Å². The van der Waals surface area contributed by atoms with Gasteiger partial charge in [-0.3, -0.25) is 4.79 Å². The van der Waals surface area contributed by atoms with E-state index in [0.717, 1.165) is 4.47 Å². The maximum absolute atomic E-state index is 12.6. The molecule has 0 saturated heterocycles. The number of Topliss-reactive ketones (excluding diaryl/α,β-unsaturated/α-hetero) is 1. The van der Waals surface area contributed by atoms with E-state index in [2.05, 4.69) is 20.7 Å². The highest BCUT2D eigenvalue weighted by atomic mass is 79.9. The Kier molecular flexibility index (Phi) is 6.60. The molecule has 0 amide bonds. The zero-order chi connectivity index (χ0) is 16.0. The molecule has 1 aromatic rings. The average Bonchev–Trinajstić information content (AvgIpc) is 2.38. The Morgan fingerprint density at radius 2 is 2.05 bits per heavy atom. The number of rotatable bonds is 8. The van der Waals surface area contributed by atoms with Crippen LogP contribution in [0.25, 0.3) is 0 Å². The molecular formula is C13H13BrF4O3. The highest BCUT2D eigenvalue weighted by Gasteiger charge is 2.41. The van der Waals surface area contributed by atoms with E-state index in [1.165, 1.54) is 7.11 Å². The monoisotopic (exact) mass is 372 g/mol. The van der Waals surface area contributed by atoms with E-state index in [1.54, 1.807) is 18.2 Å². The van der Waals surface area contributed by atoms with Crippen LogP contribution >= 0.6 is 15.9 Å². The Morgan fingerprint density at radius 3 is 2.62 bits per heavy atom. The second-order valence-electron chi connectivity index (χ2n) is 4.23. The zero-order valence-electron chi connectivity index (χ0n) is 11.0. The quantitative estimate of drug-likeness (QED) is 0.655. The molecule has 0 N–H and O–H groups in total. The molecule has 0 aromatic heterocycles. The molecule has 0 fully saturated rings. The van der Waals surface area contributed by atoms with E-state index >= 15 is 0 Å². The summed E-state index contributed by atoms with van der Waals surface area (Å²) in [5.74, 6) is -4.31. The van der Waals surface area contributed by atoms with Crippen LogP contribution in [0.1, 0.15) is 5.56 Å². The molecule has 0 bridgehead atoms. The van der Waals surface area contributed by atoms with Gasteiger partial charge in [0.1, 0.15) is 19.0 Å². The predicted molar refractivity (Wildman–Crippen MR) is 71.2 cm³/mol. The maximum atomic E-state index is 12.6. The van der Waals surface area contributed by atoms with Gasteiger partial charge in [0.05, 0.1) is 7.11 Å². The first-order valence-corrected chi connectivity index (χ1v) is 6.63. The molecule has 0 aliphatic carbocycles. The summed E-state index contributed by atoms with van der Waals surface area (Å²) in [6, 6.07) is 5.00. The molecule has 0 spiro atoms. The lowest BCUT2D eigenvalue weighted by molar-refractivity contribution is -0.168. The van der Waals surface area contributed by atoms with Crippen LogP contribution in [-0.2, 0) is 16.0 Å². The standard InChI is InChI=1S/C13H13BrF4O3/c1-20-11-3-2-9(14)4-8(11)5-10(19)6-21-7-13(17,18)12(15)16/h2-4,12H,5-7H2,1H3. The zero-order valence-corrected chi connectivity index (χ0v) is 12.6. The number of carbonyl (C=O) groups is 1. The van der Waals surface area contributed by atoms with Crippen LogP contribution < -0.4 is 4.74 Å². The Bertz CT molecular complexity index is 494. The molecule has 3 nitrogen and oxygen atoms in total. The van der Waals surface area contributed by atoms with E-state index < -0.39 is 31.3 Å². The van der Waals surface area contributed by atoms with Crippen LogP contribution in [0.3, 0.4) is 0 Å². The Morgan fingerprint density at radius 1 is 1.38 bits per heavy atom. The molecular weight excluding hydrogens is 360 g/mol. The van der Waals surface area contributed by atoms with E-state index in [-0.39, 0.29) is 6.42 Å². The first-order valence-electron chi connectivity index (χ1n) is 5.84. The van der Waals surface area contributed by atoms with Crippen molar-refractivity contribution < 1.29 is 31.8 Å². The minimum atomic E-state index is -4.26. The van der Waals surface area contributed by atoms with E-state index in [0.29, 0.717) is 11.3 Å². The normalized spacial score (nSPS) is 11.8. The Balaban J connectivity index is 2.53. The van der Waals surface area contributed by atoms with Crippen molar-refractivity contribution in [1.82, 2.24) is 0 Å². The minimum Gasteiger partial charge on any atom is -0.496 e. The highest BCUT2D eigenvalue weighted by molar-refractivity contribution is 9.10. The number of hydrogen-bond acceptors (Lipinski definition) is 3. The summed E-state index contributed by atoms with van der Waals surface area (Å²) in [4.78, 5) is 11.6. The molecule has 21 heavy (non-hydrogen) atoms. The largest absolute Gasteiger partial charge is 0.496 e. The molecule has 1 rings (SSSR count). The number of alkyl halides is 4. The lowest BCUT2D eigenvalue weighted by Crippen LogP contribution is -2.33. The maximum Gasteiger partial charge on any atom is 0.330 e. The van der Waals surface area contributed by atoms with E-state index in [9.17, 15) is 22.4 Å². The first kappa shape index (κ1) is 17.9. The third kappa shape index (κ3) is 5.62. The van der Waals surface area contributed by atoms with Crippen LogP contribution in [0.2, 0.25) is 0 Å². The van der Waals surface area contributed by atoms with Crippen molar-refractivity contribution in [2.45, 2.75) is 18.8 Å². The van der Waals surface area contributed by atoms with Crippen molar-refractivity contribution >= 4 is 21.7 Å². The lowest BCUT2D eigenvalue weighted by Gasteiger charge is -2.15. The summed E-state index contributed by atoms with van der Waals surface area (Å²) < 4.78 is 59.1. The molecule has 0 saturated carbocycles. The molecule has 0 unspecified atom stereocenters. The number of hydrogen-bond donors (Lipinski definition) is 0. The van der Waals surface area contributed by atoms with Gasteiger partial charge in [-0.2, -0.15) is 8.78 Å². The third-order valence-corrected chi connectivity index (χ3v) is 3.00. The van der Waals surface area contributed by atoms with Gasteiger partial charge in [0.25, 0.3) is 0 Å². The summed E-state index contributed by atoms with van der Waals surface area (Å²) in [5.41, 5.74) is 0.543. The first-order chi connectivity index (χ1) is 9.76. The number of carbonyl (C=O) groups excluding carboxylic acids is 1. The SMILES string of the molecule is COc1ccc(Br)cc1CC(=O)COCC(F)(F)C(F)F. The molecule has 0 aliphatic rings. The summed E-state index contributed by atoms with van der Waals surface area (Å²) in [5, 5.41) is 0. The number of halogens is 5. The van der Waals surface area contributed by atoms with Crippen LogP contribution in [0, 0.1) is 0 Å².